The van der Waals surface area contributed by atoms with Crippen LogP contribution >= 0.6 is 0 Å². The number of carbonyl (C=O) groups excluding carboxylic acids is 1. The number of fused-ring (bicyclic) bond motifs is 1. The maximum absolute atomic E-state index is 13.0. The standard InChI is InChI=1S/C20H25N3O2/c24-19-16-11-4-5-12-17(16)21-18(22-19)13-23(15-9-2-1-3-10-15)20(25)14-7-6-8-14/h4-5,11-12,14-15H,1-3,6-10,13H2,(H,21,22,24). The highest BCUT2D eigenvalue weighted by molar-refractivity contribution is 5.80. The lowest BCUT2D eigenvalue weighted by Gasteiger charge is -2.38. The number of nitrogens with zero attached hydrogens (tertiary/aromatic N) is 2. The van der Waals surface area contributed by atoms with Crippen LogP contribution in [0.5, 0.6) is 0 Å². The van der Waals surface area contributed by atoms with E-state index in [4.69, 9.17) is 0 Å². The van der Waals surface area contributed by atoms with E-state index < -0.39 is 0 Å². The highest BCUT2D eigenvalue weighted by Crippen LogP contribution is 2.32. The minimum absolute atomic E-state index is 0.125. The first kappa shape index (κ1) is 16.3. The van der Waals surface area contributed by atoms with E-state index in [0.29, 0.717) is 29.3 Å². The Labute approximate surface area is 147 Å². The molecule has 2 aromatic rings. The summed E-state index contributed by atoms with van der Waals surface area (Å²) in [6.45, 7) is 0.417. The van der Waals surface area contributed by atoms with Gasteiger partial charge in [-0.3, -0.25) is 9.59 Å². The van der Waals surface area contributed by atoms with Gasteiger partial charge in [0.15, 0.2) is 0 Å². The van der Waals surface area contributed by atoms with E-state index in [-0.39, 0.29) is 17.4 Å². The number of amides is 1. The van der Waals surface area contributed by atoms with Crippen LogP contribution in [0, 0.1) is 5.92 Å². The number of carbonyl (C=O) groups is 1. The zero-order valence-corrected chi connectivity index (χ0v) is 14.5. The molecule has 0 atom stereocenters. The average Bonchev–Trinajstić information content (AvgIpc) is 2.59. The Morgan fingerprint density at radius 3 is 2.56 bits per heavy atom. The first-order valence-corrected chi connectivity index (χ1v) is 9.51. The molecule has 2 aliphatic carbocycles. The van der Waals surface area contributed by atoms with Crippen molar-refractivity contribution >= 4 is 16.8 Å². The summed E-state index contributed by atoms with van der Waals surface area (Å²) in [5.74, 6) is 1.03. The van der Waals surface area contributed by atoms with Crippen molar-refractivity contribution in [1.29, 1.82) is 0 Å². The smallest absolute Gasteiger partial charge is 0.258 e. The summed E-state index contributed by atoms with van der Waals surface area (Å²) in [6.07, 6.45) is 8.91. The second-order valence-corrected chi connectivity index (χ2v) is 7.42. The van der Waals surface area contributed by atoms with Gasteiger partial charge in [-0.05, 0) is 37.8 Å². The number of H-pyrrole nitrogens is 1. The molecule has 2 fully saturated rings. The van der Waals surface area contributed by atoms with Gasteiger partial charge in [-0.25, -0.2) is 4.98 Å². The quantitative estimate of drug-likeness (QED) is 0.928. The second-order valence-electron chi connectivity index (χ2n) is 7.42. The molecule has 2 saturated carbocycles. The van der Waals surface area contributed by atoms with E-state index in [0.717, 1.165) is 32.1 Å². The van der Waals surface area contributed by atoms with Crippen LogP contribution in [0.15, 0.2) is 29.1 Å². The van der Waals surface area contributed by atoms with Crippen molar-refractivity contribution in [1.82, 2.24) is 14.9 Å². The molecule has 1 aromatic carbocycles. The molecule has 0 bridgehead atoms. The van der Waals surface area contributed by atoms with Crippen LogP contribution in [0.3, 0.4) is 0 Å². The summed E-state index contributed by atoms with van der Waals surface area (Å²) >= 11 is 0. The lowest BCUT2D eigenvalue weighted by molar-refractivity contribution is -0.142. The van der Waals surface area contributed by atoms with Crippen molar-refractivity contribution in [2.75, 3.05) is 0 Å². The summed E-state index contributed by atoms with van der Waals surface area (Å²) in [7, 11) is 0. The number of aromatic amines is 1. The van der Waals surface area contributed by atoms with E-state index in [2.05, 4.69) is 9.97 Å². The number of rotatable bonds is 4. The van der Waals surface area contributed by atoms with Crippen LogP contribution in [0.25, 0.3) is 10.9 Å². The molecule has 0 spiro atoms. The number of para-hydroxylation sites is 1. The van der Waals surface area contributed by atoms with Crippen LogP contribution in [0.2, 0.25) is 0 Å². The monoisotopic (exact) mass is 339 g/mol. The Morgan fingerprint density at radius 1 is 1.08 bits per heavy atom. The lowest BCUT2D eigenvalue weighted by atomic mass is 9.83. The molecule has 1 amide bonds. The topological polar surface area (TPSA) is 66.1 Å². The van der Waals surface area contributed by atoms with E-state index >= 15 is 0 Å². The fourth-order valence-electron chi connectivity index (χ4n) is 4.04. The molecule has 0 saturated heterocycles. The van der Waals surface area contributed by atoms with Crippen molar-refractivity contribution in [2.45, 2.75) is 64.0 Å². The molecule has 1 N–H and O–H groups in total. The molecule has 0 aliphatic heterocycles. The predicted octanol–water partition coefficient (Wildman–Crippen LogP) is 3.38. The molecule has 1 heterocycles. The minimum Gasteiger partial charge on any atom is -0.332 e. The fraction of sp³-hybridized carbons (Fsp3) is 0.550. The van der Waals surface area contributed by atoms with Crippen LogP contribution in [0.4, 0.5) is 0 Å². The first-order chi connectivity index (χ1) is 12.2. The summed E-state index contributed by atoms with van der Waals surface area (Å²) in [5.41, 5.74) is 0.571. The summed E-state index contributed by atoms with van der Waals surface area (Å²) in [5, 5.41) is 0.598. The summed E-state index contributed by atoms with van der Waals surface area (Å²) < 4.78 is 0. The Balaban J connectivity index is 1.63. The molecule has 132 valence electrons. The summed E-state index contributed by atoms with van der Waals surface area (Å²) in [4.78, 5) is 34.8. The third kappa shape index (κ3) is 3.32. The molecule has 25 heavy (non-hydrogen) atoms. The zero-order chi connectivity index (χ0) is 17.2. The van der Waals surface area contributed by atoms with Gasteiger partial charge in [-0.15, -0.1) is 0 Å². The molecule has 2 aliphatic rings. The SMILES string of the molecule is O=C(C1CCC1)N(Cc1nc2ccccc2c(=O)[nH]1)C1CCCCC1. The van der Waals surface area contributed by atoms with Gasteiger partial charge in [-0.2, -0.15) is 0 Å². The average molecular weight is 339 g/mol. The largest absolute Gasteiger partial charge is 0.332 e. The van der Waals surface area contributed by atoms with Crippen molar-refractivity contribution < 1.29 is 4.79 Å². The van der Waals surface area contributed by atoms with Gasteiger partial charge >= 0.3 is 0 Å². The van der Waals surface area contributed by atoms with E-state index in [9.17, 15) is 9.59 Å². The Bertz CT molecular complexity index is 819. The molecule has 0 radical (unpaired) electrons. The van der Waals surface area contributed by atoms with Crippen molar-refractivity contribution in [2.24, 2.45) is 5.92 Å². The first-order valence-electron chi connectivity index (χ1n) is 9.51. The van der Waals surface area contributed by atoms with E-state index in [1.807, 2.05) is 23.1 Å². The van der Waals surface area contributed by atoms with Gasteiger partial charge in [0.2, 0.25) is 5.91 Å². The van der Waals surface area contributed by atoms with Gasteiger partial charge in [-0.1, -0.05) is 37.8 Å². The minimum atomic E-state index is -0.125. The molecular formula is C20H25N3O2. The van der Waals surface area contributed by atoms with Gasteiger partial charge < -0.3 is 9.88 Å². The third-order valence-corrected chi connectivity index (χ3v) is 5.73. The van der Waals surface area contributed by atoms with E-state index in [1.54, 1.807) is 6.07 Å². The highest BCUT2D eigenvalue weighted by Gasteiger charge is 2.34. The zero-order valence-electron chi connectivity index (χ0n) is 14.5. The van der Waals surface area contributed by atoms with Crippen LogP contribution in [-0.2, 0) is 11.3 Å². The Morgan fingerprint density at radius 2 is 1.84 bits per heavy atom. The van der Waals surface area contributed by atoms with Gasteiger partial charge in [0.25, 0.3) is 5.56 Å². The summed E-state index contributed by atoms with van der Waals surface area (Å²) in [6, 6.07) is 7.65. The lowest BCUT2D eigenvalue weighted by Crippen LogP contribution is -2.46. The third-order valence-electron chi connectivity index (χ3n) is 5.73. The Hall–Kier alpha value is -2.17. The number of aromatic nitrogens is 2. The molecule has 5 heteroatoms. The maximum Gasteiger partial charge on any atom is 0.258 e. The molecule has 0 unspecified atom stereocenters. The fourth-order valence-corrected chi connectivity index (χ4v) is 4.04. The van der Waals surface area contributed by atoms with Crippen LogP contribution in [-0.4, -0.2) is 26.8 Å². The van der Waals surface area contributed by atoms with Crippen molar-refractivity contribution in [3.05, 3.63) is 40.4 Å². The van der Waals surface area contributed by atoms with Gasteiger partial charge in [0.05, 0.1) is 17.4 Å². The number of hydrogen-bond acceptors (Lipinski definition) is 3. The molecular weight excluding hydrogens is 314 g/mol. The van der Waals surface area contributed by atoms with Crippen molar-refractivity contribution in [3.63, 3.8) is 0 Å². The van der Waals surface area contributed by atoms with Gasteiger partial charge in [0, 0.05) is 12.0 Å². The predicted molar refractivity (Wildman–Crippen MR) is 97.1 cm³/mol. The number of benzene rings is 1. The molecule has 1 aromatic heterocycles. The highest BCUT2D eigenvalue weighted by atomic mass is 16.2. The van der Waals surface area contributed by atoms with Crippen molar-refractivity contribution in [3.8, 4) is 0 Å². The van der Waals surface area contributed by atoms with Gasteiger partial charge in [0.1, 0.15) is 5.82 Å². The molecule has 4 rings (SSSR count). The Kier molecular flexibility index (Phi) is 4.55. The number of nitrogens with one attached hydrogen (secondary N) is 1. The van der Waals surface area contributed by atoms with Crippen LogP contribution < -0.4 is 5.56 Å². The normalized spacial score (nSPS) is 18.9. The van der Waals surface area contributed by atoms with E-state index in [1.165, 1.54) is 19.3 Å². The number of hydrogen-bond donors (Lipinski definition) is 1. The van der Waals surface area contributed by atoms with Crippen LogP contribution in [0.1, 0.15) is 57.2 Å². The second kappa shape index (κ2) is 6.98. The maximum atomic E-state index is 13.0. The molecule has 5 nitrogen and oxygen atoms in total.